The summed E-state index contributed by atoms with van der Waals surface area (Å²) in [4.78, 5) is 15.1. The molecule has 0 bridgehead atoms. The van der Waals surface area contributed by atoms with E-state index in [1.54, 1.807) is 0 Å². The van der Waals surface area contributed by atoms with E-state index in [0.29, 0.717) is 0 Å². The summed E-state index contributed by atoms with van der Waals surface area (Å²) in [5.74, 6) is -0.846. The van der Waals surface area contributed by atoms with E-state index in [9.17, 15) is 26.4 Å². The van der Waals surface area contributed by atoms with Gasteiger partial charge < -0.3 is 8.60 Å². The highest BCUT2D eigenvalue weighted by Crippen LogP contribution is 2.26. The maximum absolute atomic E-state index is 12.1. The van der Waals surface area contributed by atoms with Gasteiger partial charge in [-0.2, -0.15) is 26.6 Å². The molecule has 10 heteroatoms. The second-order valence-electron chi connectivity index (χ2n) is 3.73. The van der Waals surface area contributed by atoms with Crippen molar-refractivity contribution in [3.63, 3.8) is 0 Å². The molecule has 0 aliphatic heterocycles. The standard InChI is InChI=1S/C10H6F3NO5S/c1-5-4-18-9-6(8(5)15)2-3-7(14-9)19-20(16,17)10(11,12)13/h2-4H,1H3. The van der Waals surface area contributed by atoms with Crippen LogP contribution in [0.25, 0.3) is 11.1 Å². The molecule has 20 heavy (non-hydrogen) atoms. The van der Waals surface area contributed by atoms with Crippen LogP contribution < -0.4 is 9.61 Å². The molecule has 0 spiro atoms. The molecular weight excluding hydrogens is 303 g/mol. The predicted molar refractivity (Wildman–Crippen MR) is 60.6 cm³/mol. The predicted octanol–water partition coefficient (Wildman–Crippen LogP) is 1.72. The maximum atomic E-state index is 12.1. The van der Waals surface area contributed by atoms with E-state index in [4.69, 9.17) is 4.42 Å². The Hall–Kier alpha value is -2.10. The number of nitrogens with zero attached hydrogens (tertiary/aromatic N) is 1. The summed E-state index contributed by atoms with van der Waals surface area (Å²) in [5.41, 5.74) is -6.05. The Kier molecular flexibility index (Phi) is 3.20. The number of hydrogen-bond acceptors (Lipinski definition) is 6. The normalized spacial score (nSPS) is 12.6. The van der Waals surface area contributed by atoms with Gasteiger partial charge in [0.2, 0.25) is 11.6 Å². The number of aryl methyl sites for hydroxylation is 1. The summed E-state index contributed by atoms with van der Waals surface area (Å²) >= 11 is 0. The summed E-state index contributed by atoms with van der Waals surface area (Å²) in [5, 5.41) is 0.00163. The number of hydrogen-bond donors (Lipinski definition) is 0. The van der Waals surface area contributed by atoms with Crippen LogP contribution >= 0.6 is 0 Å². The Balaban J connectivity index is 2.50. The van der Waals surface area contributed by atoms with Crippen LogP contribution in [0.5, 0.6) is 5.88 Å². The Bertz CT molecular complexity index is 825. The second kappa shape index (κ2) is 4.47. The lowest BCUT2D eigenvalue weighted by atomic mass is 10.2. The second-order valence-corrected chi connectivity index (χ2v) is 5.27. The minimum Gasteiger partial charge on any atom is -0.445 e. The molecule has 0 radical (unpaired) electrons. The Morgan fingerprint density at radius 3 is 2.55 bits per heavy atom. The van der Waals surface area contributed by atoms with Crippen LogP contribution in [0.3, 0.4) is 0 Å². The van der Waals surface area contributed by atoms with Crippen LogP contribution in [0.15, 0.2) is 27.6 Å². The lowest BCUT2D eigenvalue weighted by molar-refractivity contribution is -0.0501. The van der Waals surface area contributed by atoms with Crippen molar-refractivity contribution in [2.45, 2.75) is 12.4 Å². The zero-order valence-electron chi connectivity index (χ0n) is 9.76. The number of fused-ring (bicyclic) bond motifs is 1. The van der Waals surface area contributed by atoms with Gasteiger partial charge in [0.15, 0.2) is 5.43 Å². The summed E-state index contributed by atoms with van der Waals surface area (Å²) in [6.07, 6.45) is 1.06. The topological polar surface area (TPSA) is 86.5 Å². The first-order valence-electron chi connectivity index (χ1n) is 5.02. The molecule has 0 aliphatic carbocycles. The van der Waals surface area contributed by atoms with Crippen LogP contribution in [0.2, 0.25) is 0 Å². The van der Waals surface area contributed by atoms with Crippen LogP contribution in [-0.4, -0.2) is 18.9 Å². The summed E-state index contributed by atoms with van der Waals surface area (Å²) < 4.78 is 66.7. The van der Waals surface area contributed by atoms with Gasteiger partial charge in [0.1, 0.15) is 0 Å². The Morgan fingerprint density at radius 2 is 1.95 bits per heavy atom. The summed E-state index contributed by atoms with van der Waals surface area (Å²) in [7, 11) is -5.82. The largest absolute Gasteiger partial charge is 0.534 e. The lowest BCUT2D eigenvalue weighted by Gasteiger charge is -2.08. The Morgan fingerprint density at radius 1 is 1.30 bits per heavy atom. The molecule has 6 nitrogen and oxygen atoms in total. The Labute approximate surface area is 109 Å². The zero-order valence-corrected chi connectivity index (χ0v) is 10.6. The van der Waals surface area contributed by atoms with Crippen molar-refractivity contribution in [3.8, 4) is 5.88 Å². The molecule has 2 aromatic heterocycles. The fourth-order valence-corrected chi connectivity index (χ4v) is 1.71. The highest BCUT2D eigenvalue weighted by molar-refractivity contribution is 7.87. The van der Waals surface area contributed by atoms with Gasteiger partial charge in [-0.15, -0.1) is 0 Å². The first kappa shape index (κ1) is 14.3. The molecule has 0 aromatic carbocycles. The van der Waals surface area contributed by atoms with Gasteiger partial charge in [-0.05, 0) is 13.0 Å². The molecule has 108 valence electrons. The fourth-order valence-electron chi connectivity index (χ4n) is 1.30. The number of alkyl halides is 3. The van der Waals surface area contributed by atoms with Gasteiger partial charge in [0, 0.05) is 11.6 Å². The highest BCUT2D eigenvalue weighted by Gasteiger charge is 2.48. The monoisotopic (exact) mass is 309 g/mol. The van der Waals surface area contributed by atoms with Gasteiger partial charge in [-0.25, -0.2) is 0 Å². The lowest BCUT2D eigenvalue weighted by Crippen LogP contribution is -2.28. The average Bonchev–Trinajstić information content (AvgIpc) is 2.32. The number of halogens is 3. The first-order valence-corrected chi connectivity index (χ1v) is 6.42. The summed E-state index contributed by atoms with van der Waals surface area (Å²) in [6.45, 7) is 1.48. The van der Waals surface area contributed by atoms with E-state index in [1.165, 1.54) is 6.92 Å². The fraction of sp³-hybridized carbons (Fsp3) is 0.200. The van der Waals surface area contributed by atoms with E-state index in [0.717, 1.165) is 18.4 Å². The zero-order chi connectivity index (χ0) is 15.1. The smallest absolute Gasteiger partial charge is 0.445 e. The van der Waals surface area contributed by atoms with Crippen LogP contribution in [0.1, 0.15) is 5.56 Å². The van der Waals surface area contributed by atoms with Crippen molar-refractivity contribution in [1.29, 1.82) is 0 Å². The van der Waals surface area contributed by atoms with Crippen molar-refractivity contribution in [1.82, 2.24) is 4.98 Å². The SMILES string of the molecule is Cc1coc2nc(OS(=O)(=O)C(F)(F)F)ccc2c1=O. The van der Waals surface area contributed by atoms with Gasteiger partial charge in [-0.3, -0.25) is 4.79 Å². The van der Waals surface area contributed by atoms with E-state index >= 15 is 0 Å². The van der Waals surface area contributed by atoms with Gasteiger partial charge >= 0.3 is 15.6 Å². The third-order valence-electron chi connectivity index (χ3n) is 2.26. The van der Waals surface area contributed by atoms with Crippen LogP contribution in [0.4, 0.5) is 13.2 Å². The molecule has 0 unspecified atom stereocenters. The molecule has 0 fully saturated rings. The molecule has 0 atom stereocenters. The first-order chi connectivity index (χ1) is 9.12. The molecule has 2 aromatic rings. The minimum atomic E-state index is -5.82. The number of pyridine rings is 1. The van der Waals surface area contributed by atoms with Crippen molar-refractivity contribution in [2.24, 2.45) is 0 Å². The van der Waals surface area contributed by atoms with E-state index in [-0.39, 0.29) is 16.7 Å². The van der Waals surface area contributed by atoms with Crippen LogP contribution in [-0.2, 0) is 10.1 Å². The average molecular weight is 309 g/mol. The molecular formula is C10H6F3NO5S. The molecule has 0 amide bonds. The highest BCUT2D eigenvalue weighted by atomic mass is 32.2. The van der Waals surface area contributed by atoms with Crippen molar-refractivity contribution < 1.29 is 30.2 Å². The molecule has 0 aliphatic rings. The molecule has 0 N–H and O–H groups in total. The third kappa shape index (κ3) is 2.46. The van der Waals surface area contributed by atoms with Gasteiger partial charge in [0.25, 0.3) is 0 Å². The molecule has 2 rings (SSSR count). The summed E-state index contributed by atoms with van der Waals surface area (Å²) in [6, 6.07) is 1.91. The van der Waals surface area contributed by atoms with Gasteiger partial charge in [-0.1, -0.05) is 0 Å². The number of rotatable bonds is 2. The van der Waals surface area contributed by atoms with Crippen LogP contribution in [0, 0.1) is 6.92 Å². The van der Waals surface area contributed by atoms with E-state index in [2.05, 4.69) is 9.17 Å². The quantitative estimate of drug-likeness (QED) is 0.620. The molecule has 0 saturated heterocycles. The molecule has 2 heterocycles. The van der Waals surface area contributed by atoms with E-state index in [1.807, 2.05) is 0 Å². The maximum Gasteiger partial charge on any atom is 0.534 e. The third-order valence-corrected chi connectivity index (χ3v) is 3.22. The van der Waals surface area contributed by atoms with E-state index < -0.39 is 26.9 Å². The minimum absolute atomic E-state index is 0.00163. The van der Waals surface area contributed by atoms with Crippen molar-refractivity contribution in [2.75, 3.05) is 0 Å². The van der Waals surface area contributed by atoms with Gasteiger partial charge in [0.05, 0.1) is 11.6 Å². The van der Waals surface area contributed by atoms with Crippen molar-refractivity contribution in [3.05, 3.63) is 34.2 Å². The number of aromatic nitrogens is 1. The molecule has 0 saturated carbocycles. The van der Waals surface area contributed by atoms with Crippen molar-refractivity contribution >= 4 is 21.2 Å².